The van der Waals surface area contributed by atoms with E-state index < -0.39 is 72.1 Å². The number of hydrogen-bond acceptors (Lipinski definition) is 14. The molecule has 23 nitrogen and oxygen atoms in total. The van der Waals surface area contributed by atoms with Crippen LogP contribution < -0.4 is 37.6 Å². The largest absolute Gasteiger partial charge is 0.379 e. The van der Waals surface area contributed by atoms with Gasteiger partial charge in [-0.05, 0) is 132 Å². The van der Waals surface area contributed by atoms with Crippen LogP contribution in [0.4, 0.5) is 10.5 Å². The average Bonchev–Trinajstić information content (AvgIpc) is 1.80. The van der Waals surface area contributed by atoms with Crippen molar-refractivity contribution >= 4 is 64.6 Å². The lowest BCUT2D eigenvalue weighted by atomic mass is 9.85. The number of amides is 9. The Balaban J connectivity index is 1.43. The molecule has 2 aromatic rings. The first-order valence-electron chi connectivity index (χ1n) is 34.6. The van der Waals surface area contributed by atoms with E-state index in [1.54, 1.807) is 62.2 Å². The van der Waals surface area contributed by atoms with Gasteiger partial charge in [0.15, 0.2) is 5.78 Å². The highest BCUT2D eigenvalue weighted by Crippen LogP contribution is 2.32. The van der Waals surface area contributed by atoms with Crippen LogP contribution in [-0.4, -0.2) is 196 Å². The molecule has 0 aromatic heterocycles. The van der Waals surface area contributed by atoms with Crippen molar-refractivity contribution in [1.82, 2.24) is 46.2 Å². The van der Waals surface area contributed by atoms with Crippen LogP contribution in [0.25, 0.3) is 0 Å². The van der Waals surface area contributed by atoms with Crippen molar-refractivity contribution < 1.29 is 57.4 Å². The molecule has 532 valence electrons. The highest BCUT2D eigenvalue weighted by atomic mass is 16.5. The number of benzene rings is 2. The normalized spacial score (nSPS) is 19.1. The quantitative estimate of drug-likeness (QED) is 0.0351. The highest BCUT2D eigenvalue weighted by Gasteiger charge is 2.44. The summed E-state index contributed by atoms with van der Waals surface area (Å²) in [6, 6.07) is 12.8. The number of nitrogens with zero attached hydrogens (tertiary/aromatic N) is 4. The van der Waals surface area contributed by atoms with Gasteiger partial charge in [-0.2, -0.15) is 0 Å². The zero-order valence-electron chi connectivity index (χ0n) is 59.9. The number of likely N-dealkylation sites (tertiary alicyclic amines) is 2. The Morgan fingerprint density at radius 3 is 1.93 bits per heavy atom. The zero-order valence-corrected chi connectivity index (χ0v) is 59.9. The van der Waals surface area contributed by atoms with Crippen molar-refractivity contribution in [3.63, 3.8) is 0 Å². The topological polar surface area (TPSA) is 300 Å². The maximum atomic E-state index is 14.7. The monoisotopic (exact) mass is 1330 g/mol. The number of hydrogen-bond donors (Lipinski definition) is 7. The molecular weight excluding hydrogens is 1210 g/mol. The van der Waals surface area contributed by atoms with E-state index in [0.717, 1.165) is 24.9 Å². The summed E-state index contributed by atoms with van der Waals surface area (Å²) in [7, 11) is 10.1. The summed E-state index contributed by atoms with van der Waals surface area (Å²) in [5.74, 6) is -5.04. The number of likely N-dealkylation sites (N-methyl/N-ethyl adjacent to an activating group) is 2. The summed E-state index contributed by atoms with van der Waals surface area (Å²) < 4.78 is 12.3. The Morgan fingerprint density at radius 1 is 0.705 bits per heavy atom. The number of carbonyl (C=O) groups excluding carboxylic acids is 10. The standard InChI is InChI=1S/C72H117N11O12/c1-17-47(8)65(81(14)71(92)63(45(4)5)79-70(91)64(46(6)7)80(12)13)59(94-15)42-61(87)83-36-22-27-56(83)66(95-16)49(10)57(84)41-54(39-50-24-19-18-20-25-50)68(89)76-43-51-29-31-55(32-30-51)77-69(90)52(26-21-34-75-72(73)93)40-58(85)62(44(2)3)78-60(86)28-23-35-82-37-33-53(38-48(82)9)67(88)74-11/h18-20,24-25,29-32,44-49,52-54,56,59,62-66H,17,21-23,26-28,33-43H2,1-16H3,(H,74,88)(H,76,89)(H,77,90)(H,78,86)(H,79,91)(H3,73,75,93)/t47-,48?,49-,52+,53?,54+,56-,59+,62-,63-,64-,65-,66+/m0/s1. The molecule has 0 saturated carbocycles. The van der Waals surface area contributed by atoms with E-state index in [9.17, 15) is 47.9 Å². The second-order valence-electron chi connectivity index (χ2n) is 27.8. The van der Waals surface area contributed by atoms with Gasteiger partial charge in [0.05, 0.1) is 42.8 Å². The number of rotatable bonds is 40. The van der Waals surface area contributed by atoms with Crippen LogP contribution >= 0.6 is 0 Å². The van der Waals surface area contributed by atoms with Crippen LogP contribution in [0.15, 0.2) is 54.6 Å². The Morgan fingerprint density at radius 2 is 1.36 bits per heavy atom. The van der Waals surface area contributed by atoms with Crippen LogP contribution in [0.5, 0.6) is 0 Å². The van der Waals surface area contributed by atoms with Gasteiger partial charge in [0.1, 0.15) is 11.8 Å². The number of ketones is 2. The maximum Gasteiger partial charge on any atom is 0.312 e. The van der Waals surface area contributed by atoms with Crippen molar-refractivity contribution in [3.8, 4) is 0 Å². The van der Waals surface area contributed by atoms with Gasteiger partial charge in [-0.3, -0.25) is 48.1 Å². The minimum Gasteiger partial charge on any atom is -0.379 e. The number of Topliss-reactive ketones (excluding diaryl/α,β-unsaturated/α-hetero) is 2. The second-order valence-corrected chi connectivity index (χ2v) is 27.8. The van der Waals surface area contributed by atoms with Crippen molar-refractivity contribution in [2.75, 3.05) is 73.9 Å². The SMILES string of the molecule is CC[C@H](C)[C@@H]([C@@H](CC(=O)N1CCC[C@H]1[C@H](OC)[C@@H](C)C(=O)C[C@@H](Cc1ccccc1)C(=O)NCc1ccc(NC(=O)[C@H](CCCNC(N)=O)CC(=O)[C@@H](NC(=O)CCCN2CCC(C(=O)NC)CC2C)C(C)C)cc1)OC)N(C)C(=O)[C@@H](NC(=O)[C@H](C(C)C)N(C)C)C(C)C. The number of carbonyl (C=O) groups is 10. The molecule has 2 fully saturated rings. The van der Waals surface area contributed by atoms with Gasteiger partial charge in [-0.1, -0.05) is 111 Å². The van der Waals surface area contributed by atoms with Gasteiger partial charge in [0.2, 0.25) is 41.4 Å². The molecule has 0 spiro atoms. The summed E-state index contributed by atoms with van der Waals surface area (Å²) in [4.78, 5) is 144. The molecule has 0 aliphatic carbocycles. The molecule has 2 aliphatic rings. The molecule has 0 radical (unpaired) electrons. The third-order valence-corrected chi connectivity index (χ3v) is 19.5. The van der Waals surface area contributed by atoms with E-state index in [-0.39, 0.29) is 134 Å². The smallest absolute Gasteiger partial charge is 0.312 e. The Hall–Kier alpha value is -6.82. The molecule has 9 amide bonds. The lowest BCUT2D eigenvalue weighted by molar-refractivity contribution is -0.148. The average molecular weight is 1330 g/mol. The number of piperidine rings is 1. The maximum absolute atomic E-state index is 14.7. The molecule has 23 heteroatoms. The fourth-order valence-corrected chi connectivity index (χ4v) is 13.9. The summed E-state index contributed by atoms with van der Waals surface area (Å²) in [6.45, 7) is 21.5. The lowest BCUT2D eigenvalue weighted by Gasteiger charge is -2.41. The van der Waals surface area contributed by atoms with E-state index in [4.69, 9.17) is 15.2 Å². The number of anilines is 1. The summed E-state index contributed by atoms with van der Waals surface area (Å²) in [5, 5.41) is 17.2. The molecule has 2 aromatic carbocycles. The fraction of sp³-hybridized carbons (Fsp3) is 0.694. The van der Waals surface area contributed by atoms with Gasteiger partial charge in [0, 0.05) is 103 Å². The van der Waals surface area contributed by atoms with Crippen molar-refractivity contribution in [2.45, 2.75) is 208 Å². The van der Waals surface area contributed by atoms with Crippen LogP contribution in [0.2, 0.25) is 0 Å². The number of urea groups is 1. The molecule has 95 heavy (non-hydrogen) atoms. The number of ether oxygens (including phenoxy) is 2. The van der Waals surface area contributed by atoms with Crippen molar-refractivity contribution in [1.29, 1.82) is 0 Å². The highest BCUT2D eigenvalue weighted by molar-refractivity contribution is 5.97. The molecule has 2 heterocycles. The van der Waals surface area contributed by atoms with E-state index in [2.05, 4.69) is 43.7 Å². The first kappa shape index (κ1) is 80.6. The molecule has 8 N–H and O–H groups in total. The minimum atomic E-state index is -0.835. The van der Waals surface area contributed by atoms with Crippen LogP contribution in [0.1, 0.15) is 157 Å². The Labute approximate surface area is 566 Å². The van der Waals surface area contributed by atoms with E-state index in [1.807, 2.05) is 105 Å². The van der Waals surface area contributed by atoms with Gasteiger partial charge < -0.3 is 61.8 Å². The number of methoxy groups -OCH3 is 2. The Kier molecular flexibility index (Phi) is 34.0. The zero-order chi connectivity index (χ0) is 70.8. The number of nitrogens with two attached hydrogens (primary N) is 1. The second kappa shape index (κ2) is 40.0. The molecule has 2 aliphatic heterocycles. The van der Waals surface area contributed by atoms with Crippen molar-refractivity contribution in [2.24, 2.45) is 53.1 Å². The molecule has 2 unspecified atom stereocenters. The Bertz CT molecular complexity index is 2790. The third-order valence-electron chi connectivity index (χ3n) is 19.5. The number of nitrogens with one attached hydrogen (secondary N) is 6. The summed E-state index contributed by atoms with van der Waals surface area (Å²) in [6.07, 6.45) is 3.42. The lowest BCUT2D eigenvalue weighted by Crippen LogP contribution is -2.59. The molecule has 2 saturated heterocycles. The predicted octanol–water partition coefficient (Wildman–Crippen LogP) is 6.50. The van der Waals surface area contributed by atoms with Gasteiger partial charge in [-0.15, -0.1) is 0 Å². The molecular formula is C72H117N11O12. The van der Waals surface area contributed by atoms with Gasteiger partial charge in [-0.25, -0.2) is 4.79 Å². The number of primary amides is 1. The van der Waals surface area contributed by atoms with E-state index in [1.165, 1.54) is 7.11 Å². The molecule has 4 rings (SSSR count). The third kappa shape index (κ3) is 24.7. The van der Waals surface area contributed by atoms with E-state index in [0.29, 0.717) is 56.4 Å². The van der Waals surface area contributed by atoms with Crippen LogP contribution in [-0.2, 0) is 65.6 Å². The van der Waals surface area contributed by atoms with Gasteiger partial charge in [0.25, 0.3) is 0 Å². The minimum absolute atomic E-state index is 0.00236. The molecule has 13 atom stereocenters. The van der Waals surface area contributed by atoms with Crippen LogP contribution in [0.3, 0.4) is 0 Å². The van der Waals surface area contributed by atoms with Gasteiger partial charge >= 0.3 is 6.03 Å². The first-order chi connectivity index (χ1) is 45.0. The van der Waals surface area contributed by atoms with Crippen LogP contribution in [0, 0.1) is 47.3 Å². The van der Waals surface area contributed by atoms with Crippen molar-refractivity contribution in [3.05, 3.63) is 65.7 Å². The summed E-state index contributed by atoms with van der Waals surface area (Å²) >= 11 is 0. The summed E-state index contributed by atoms with van der Waals surface area (Å²) in [5.41, 5.74) is 7.34. The van der Waals surface area contributed by atoms with E-state index >= 15 is 0 Å². The fourth-order valence-electron chi connectivity index (χ4n) is 13.9. The predicted molar refractivity (Wildman–Crippen MR) is 369 cm³/mol. The first-order valence-corrected chi connectivity index (χ1v) is 34.6. The molecule has 0 bridgehead atoms.